The lowest BCUT2D eigenvalue weighted by atomic mass is 10.1. The topological polar surface area (TPSA) is 117 Å². The number of aromatic amines is 1. The van der Waals surface area contributed by atoms with Crippen molar-refractivity contribution < 1.29 is 9.90 Å². The second-order valence-corrected chi connectivity index (χ2v) is 6.87. The minimum Gasteiger partial charge on any atom is -0.494 e. The second-order valence-electron chi connectivity index (χ2n) is 6.87. The number of benzene rings is 1. The average Bonchev–Trinajstić information content (AvgIpc) is 3.02. The molecule has 0 radical (unpaired) electrons. The minimum atomic E-state index is -0.667. The number of amides is 1. The van der Waals surface area contributed by atoms with E-state index in [9.17, 15) is 19.5 Å². The van der Waals surface area contributed by atoms with Crippen LogP contribution in [-0.4, -0.2) is 27.1 Å². The molecule has 152 valence electrons. The van der Waals surface area contributed by atoms with Crippen molar-refractivity contribution in [1.82, 2.24) is 14.9 Å². The number of carbonyl (C=O) groups excluding carboxylic acids is 1. The monoisotopic (exact) mass is 396 g/mol. The Morgan fingerprint density at radius 1 is 1.31 bits per heavy atom. The number of allylic oxidation sites excluding steroid dienone is 1. The molecule has 1 aliphatic rings. The summed E-state index contributed by atoms with van der Waals surface area (Å²) < 4.78 is 1.16. The first kappa shape index (κ1) is 20.3. The van der Waals surface area contributed by atoms with Crippen molar-refractivity contribution in [2.24, 2.45) is 4.99 Å². The third-order valence-electron chi connectivity index (χ3n) is 4.75. The molecule has 1 aromatic carbocycles. The van der Waals surface area contributed by atoms with Gasteiger partial charge < -0.3 is 10.4 Å². The summed E-state index contributed by atoms with van der Waals surface area (Å²) in [5.74, 6) is -0.497. The quantitative estimate of drug-likeness (QED) is 0.628. The van der Waals surface area contributed by atoms with Crippen molar-refractivity contribution in [1.29, 1.82) is 0 Å². The minimum absolute atomic E-state index is 0.00992. The van der Waals surface area contributed by atoms with Crippen LogP contribution in [0.4, 0.5) is 0 Å². The SMILES string of the molecule is CCCCn1c(O)c(/C=C2\N=c3ccccc3=C2CCNC(C)=O)c(=O)[nH]c1=O. The number of aromatic nitrogens is 2. The third kappa shape index (κ3) is 4.37. The fraction of sp³-hybridized carbons (Fsp3) is 0.333. The first-order valence-corrected chi connectivity index (χ1v) is 9.62. The van der Waals surface area contributed by atoms with Crippen LogP contribution in [0.25, 0.3) is 11.6 Å². The Balaban J connectivity index is 2.10. The summed E-state index contributed by atoms with van der Waals surface area (Å²) in [5, 5.41) is 15.0. The number of hydrogen-bond donors (Lipinski definition) is 3. The summed E-state index contributed by atoms with van der Waals surface area (Å²) in [4.78, 5) is 42.5. The number of carbonyl (C=O) groups is 1. The Hall–Kier alpha value is -3.42. The summed E-state index contributed by atoms with van der Waals surface area (Å²) in [6.07, 6.45) is 3.55. The zero-order chi connectivity index (χ0) is 21.0. The van der Waals surface area contributed by atoms with Crippen LogP contribution in [0.1, 0.15) is 38.7 Å². The van der Waals surface area contributed by atoms with Gasteiger partial charge in [-0.05, 0) is 30.6 Å². The summed E-state index contributed by atoms with van der Waals surface area (Å²) in [6.45, 7) is 4.15. The van der Waals surface area contributed by atoms with Gasteiger partial charge in [0.05, 0.1) is 11.1 Å². The van der Waals surface area contributed by atoms with Gasteiger partial charge in [0.2, 0.25) is 11.8 Å². The first-order valence-electron chi connectivity index (χ1n) is 9.62. The standard InChI is InChI=1S/C21H24N4O4/c1-3-4-11-25-20(28)16(19(27)24-21(25)29)12-18-15(9-10-22-13(2)26)14-7-5-6-8-17(14)23-18/h5-8,12,28H,3-4,9-11H2,1-2H3,(H,22,26)(H,24,27,29)/b18-12-. The molecule has 2 aromatic rings. The van der Waals surface area contributed by atoms with Crippen LogP contribution in [0, 0.1) is 0 Å². The van der Waals surface area contributed by atoms with E-state index in [1.165, 1.54) is 13.0 Å². The Morgan fingerprint density at radius 3 is 2.79 bits per heavy atom. The van der Waals surface area contributed by atoms with Gasteiger partial charge in [-0.3, -0.25) is 19.1 Å². The average molecular weight is 396 g/mol. The van der Waals surface area contributed by atoms with E-state index in [-0.39, 0.29) is 17.4 Å². The van der Waals surface area contributed by atoms with Gasteiger partial charge in [-0.25, -0.2) is 9.79 Å². The van der Waals surface area contributed by atoms with E-state index in [1.807, 2.05) is 31.2 Å². The highest BCUT2D eigenvalue weighted by Gasteiger charge is 2.17. The van der Waals surface area contributed by atoms with Crippen LogP contribution in [0.5, 0.6) is 5.88 Å². The molecule has 1 amide bonds. The van der Waals surface area contributed by atoms with Gasteiger partial charge in [0.1, 0.15) is 5.56 Å². The number of unbranched alkanes of at least 4 members (excludes halogenated alkanes) is 1. The normalized spacial score (nSPS) is 14.0. The molecule has 3 N–H and O–H groups in total. The number of rotatable bonds is 7. The Labute approximate surface area is 166 Å². The van der Waals surface area contributed by atoms with Crippen LogP contribution >= 0.6 is 0 Å². The fourth-order valence-electron chi connectivity index (χ4n) is 3.27. The maximum Gasteiger partial charge on any atom is 0.331 e. The van der Waals surface area contributed by atoms with E-state index in [4.69, 9.17) is 0 Å². The summed E-state index contributed by atoms with van der Waals surface area (Å²) in [6, 6.07) is 7.55. The number of nitrogens with one attached hydrogen (secondary N) is 2. The highest BCUT2D eigenvalue weighted by Crippen LogP contribution is 2.23. The Bertz CT molecular complexity index is 1200. The lowest BCUT2D eigenvalue weighted by molar-refractivity contribution is -0.118. The van der Waals surface area contributed by atoms with Crippen molar-refractivity contribution in [3.63, 3.8) is 0 Å². The van der Waals surface area contributed by atoms with Crippen LogP contribution in [-0.2, 0) is 11.3 Å². The van der Waals surface area contributed by atoms with Crippen LogP contribution in [0.15, 0.2) is 44.5 Å². The zero-order valence-corrected chi connectivity index (χ0v) is 16.5. The van der Waals surface area contributed by atoms with Crippen LogP contribution in [0.2, 0.25) is 0 Å². The molecule has 29 heavy (non-hydrogen) atoms. The molecule has 0 spiro atoms. The number of aromatic hydroxyl groups is 1. The van der Waals surface area contributed by atoms with Crippen molar-refractivity contribution in [3.05, 3.63) is 66.9 Å². The molecule has 0 fully saturated rings. The molecule has 3 rings (SSSR count). The van der Waals surface area contributed by atoms with E-state index in [1.54, 1.807) is 0 Å². The van der Waals surface area contributed by atoms with Gasteiger partial charge in [-0.15, -0.1) is 0 Å². The molecule has 8 nitrogen and oxygen atoms in total. The van der Waals surface area contributed by atoms with E-state index < -0.39 is 11.2 Å². The van der Waals surface area contributed by atoms with Gasteiger partial charge in [0.15, 0.2) is 0 Å². The molecule has 8 heteroatoms. The Morgan fingerprint density at radius 2 is 2.07 bits per heavy atom. The smallest absolute Gasteiger partial charge is 0.331 e. The third-order valence-corrected chi connectivity index (χ3v) is 4.75. The van der Waals surface area contributed by atoms with E-state index in [0.29, 0.717) is 31.6 Å². The predicted molar refractivity (Wildman–Crippen MR) is 110 cm³/mol. The van der Waals surface area contributed by atoms with Crippen molar-refractivity contribution in [2.75, 3.05) is 6.54 Å². The predicted octanol–water partition coefficient (Wildman–Crippen LogP) is 0.394. The highest BCUT2D eigenvalue weighted by molar-refractivity contribution is 5.77. The molecule has 0 bridgehead atoms. The lowest BCUT2D eigenvalue weighted by Crippen LogP contribution is -2.31. The molecule has 0 atom stereocenters. The maximum atomic E-state index is 12.4. The number of H-pyrrole nitrogens is 1. The largest absolute Gasteiger partial charge is 0.494 e. The van der Waals surface area contributed by atoms with Gasteiger partial charge in [-0.2, -0.15) is 0 Å². The number of nitrogens with zero attached hydrogens (tertiary/aromatic N) is 2. The highest BCUT2D eigenvalue weighted by atomic mass is 16.3. The maximum absolute atomic E-state index is 12.4. The van der Waals surface area contributed by atoms with Gasteiger partial charge in [0.25, 0.3) is 5.56 Å². The molecule has 0 saturated heterocycles. The lowest BCUT2D eigenvalue weighted by Gasteiger charge is -2.10. The number of hydrogen-bond acceptors (Lipinski definition) is 5. The summed E-state index contributed by atoms with van der Waals surface area (Å²) >= 11 is 0. The molecular formula is C21H24N4O4. The van der Waals surface area contributed by atoms with Gasteiger partial charge in [0, 0.05) is 25.2 Å². The van der Waals surface area contributed by atoms with Crippen LogP contribution < -0.4 is 27.1 Å². The summed E-state index contributed by atoms with van der Waals surface area (Å²) in [5.41, 5.74) is 0.0755. The van der Waals surface area contributed by atoms with Crippen molar-refractivity contribution in [3.8, 4) is 5.88 Å². The van der Waals surface area contributed by atoms with Crippen LogP contribution in [0.3, 0.4) is 0 Å². The molecule has 0 aliphatic carbocycles. The molecule has 0 unspecified atom stereocenters. The Kier molecular flexibility index (Phi) is 6.11. The van der Waals surface area contributed by atoms with E-state index in [2.05, 4.69) is 15.3 Å². The summed E-state index contributed by atoms with van der Waals surface area (Å²) in [7, 11) is 0. The molecule has 2 heterocycles. The van der Waals surface area contributed by atoms with Gasteiger partial charge >= 0.3 is 5.69 Å². The number of fused-ring (bicyclic) bond motifs is 1. The first-order chi connectivity index (χ1) is 13.9. The van der Waals surface area contributed by atoms with E-state index in [0.717, 1.165) is 27.1 Å². The van der Waals surface area contributed by atoms with Crippen molar-refractivity contribution in [2.45, 2.75) is 39.7 Å². The zero-order valence-electron chi connectivity index (χ0n) is 16.5. The molecule has 1 aliphatic heterocycles. The molecule has 0 saturated carbocycles. The molecular weight excluding hydrogens is 372 g/mol. The fourth-order valence-corrected chi connectivity index (χ4v) is 3.27. The molecule has 1 aromatic heterocycles. The second kappa shape index (κ2) is 8.72. The van der Waals surface area contributed by atoms with Gasteiger partial charge in [-0.1, -0.05) is 31.5 Å². The van der Waals surface area contributed by atoms with Crippen molar-refractivity contribution >= 4 is 17.6 Å². The van der Waals surface area contributed by atoms with E-state index >= 15 is 0 Å². The number of para-hydroxylation sites is 1.